The molecule has 18 heavy (non-hydrogen) atoms. The first-order chi connectivity index (χ1) is 6.77. The SMILES string of the molecule is CC1=C(C)C([SiH2]c2ccccc2)=[C-]C1.[Cl-].[Cl-].[Cl-].[Ti+4]. The van der Waals surface area contributed by atoms with E-state index in [4.69, 9.17) is 0 Å². The van der Waals surface area contributed by atoms with E-state index in [1.807, 2.05) is 0 Å². The molecule has 0 nitrogen and oxygen atoms in total. The van der Waals surface area contributed by atoms with Crippen molar-refractivity contribution in [1.82, 2.24) is 0 Å². The van der Waals surface area contributed by atoms with Gasteiger partial charge in [0.2, 0.25) is 0 Å². The molecule has 0 fully saturated rings. The maximum atomic E-state index is 3.51. The minimum Gasteiger partial charge on any atom is -1.00 e. The van der Waals surface area contributed by atoms with E-state index in [1.165, 1.54) is 21.5 Å². The monoisotopic (exact) mass is 352 g/mol. The maximum absolute atomic E-state index is 3.51. The molecule has 0 bridgehead atoms. The molecule has 1 aromatic rings. The molecule has 0 radical (unpaired) electrons. The summed E-state index contributed by atoms with van der Waals surface area (Å²) in [6.07, 6.45) is 4.57. The van der Waals surface area contributed by atoms with Gasteiger partial charge in [-0.1, -0.05) is 42.4 Å². The van der Waals surface area contributed by atoms with E-state index in [0.717, 1.165) is 6.42 Å². The van der Waals surface area contributed by atoms with E-state index in [0.29, 0.717) is 0 Å². The van der Waals surface area contributed by atoms with E-state index in [1.54, 1.807) is 0 Å². The minimum atomic E-state index is -0.267. The van der Waals surface area contributed by atoms with Gasteiger partial charge in [0.15, 0.2) is 0 Å². The molecule has 0 aliphatic heterocycles. The number of hydrogen-bond acceptors (Lipinski definition) is 0. The van der Waals surface area contributed by atoms with Crippen LogP contribution in [0.15, 0.2) is 46.7 Å². The molecule has 96 valence electrons. The Morgan fingerprint density at radius 3 is 2.00 bits per heavy atom. The summed E-state index contributed by atoms with van der Waals surface area (Å²) in [7, 11) is -0.267. The number of halogens is 3. The van der Waals surface area contributed by atoms with Gasteiger partial charge in [-0.05, 0) is 0 Å². The zero-order chi connectivity index (χ0) is 9.97. The summed E-state index contributed by atoms with van der Waals surface area (Å²) in [5.74, 6) is 0. The molecule has 0 saturated heterocycles. The van der Waals surface area contributed by atoms with Crippen molar-refractivity contribution in [2.75, 3.05) is 0 Å². The second-order valence-corrected chi connectivity index (χ2v) is 5.78. The Kier molecular flexibility index (Phi) is 14.9. The van der Waals surface area contributed by atoms with Crippen molar-refractivity contribution >= 4 is 14.7 Å². The van der Waals surface area contributed by atoms with Gasteiger partial charge in [-0.15, -0.1) is 13.3 Å². The Hall–Kier alpha value is 0.501. The van der Waals surface area contributed by atoms with Gasteiger partial charge in [0.05, 0.1) is 0 Å². The van der Waals surface area contributed by atoms with Crippen molar-refractivity contribution in [3.8, 4) is 0 Å². The molecular weight excluding hydrogens is 338 g/mol. The van der Waals surface area contributed by atoms with Crippen molar-refractivity contribution in [2.24, 2.45) is 0 Å². The van der Waals surface area contributed by atoms with Crippen molar-refractivity contribution in [2.45, 2.75) is 20.3 Å². The molecule has 0 aromatic heterocycles. The summed E-state index contributed by atoms with van der Waals surface area (Å²) in [6.45, 7) is 4.45. The van der Waals surface area contributed by atoms with E-state index < -0.39 is 0 Å². The summed E-state index contributed by atoms with van der Waals surface area (Å²) in [6, 6.07) is 10.8. The molecule has 1 aliphatic rings. The molecule has 0 heterocycles. The average Bonchev–Trinajstić information content (AvgIpc) is 2.52. The molecule has 5 heteroatoms. The van der Waals surface area contributed by atoms with Gasteiger partial charge >= 0.3 is 21.7 Å². The molecule has 0 atom stereocenters. The molecule has 0 N–H and O–H groups in total. The van der Waals surface area contributed by atoms with E-state index in [2.05, 4.69) is 50.3 Å². The number of benzene rings is 1. The summed E-state index contributed by atoms with van der Waals surface area (Å²) < 4.78 is 0. The second kappa shape index (κ2) is 11.3. The smallest absolute Gasteiger partial charge is 1.00 e. The fraction of sp³-hybridized carbons (Fsp3) is 0.231. The Bertz CT molecular complexity index is 402. The van der Waals surface area contributed by atoms with Gasteiger partial charge in [0, 0.05) is 9.52 Å². The summed E-state index contributed by atoms with van der Waals surface area (Å²) >= 11 is 0. The van der Waals surface area contributed by atoms with Crippen LogP contribution in [0, 0.1) is 6.08 Å². The van der Waals surface area contributed by atoms with Gasteiger partial charge in [0.25, 0.3) is 0 Å². The quantitative estimate of drug-likeness (QED) is 0.366. The first-order valence-corrected chi connectivity index (χ1v) is 6.49. The Balaban J connectivity index is -0.000000562. The van der Waals surface area contributed by atoms with Crippen molar-refractivity contribution in [3.63, 3.8) is 0 Å². The molecule has 0 saturated carbocycles. The van der Waals surface area contributed by atoms with Crippen LogP contribution in [0.2, 0.25) is 0 Å². The van der Waals surface area contributed by atoms with Crippen LogP contribution in [-0.4, -0.2) is 9.52 Å². The Labute approximate surface area is 146 Å². The largest absolute Gasteiger partial charge is 4.00 e. The summed E-state index contributed by atoms with van der Waals surface area (Å²) in [5.41, 5.74) is 3.00. The van der Waals surface area contributed by atoms with Gasteiger partial charge in [-0.2, -0.15) is 5.57 Å². The standard InChI is InChI=1S/C13H15Si.3ClH.Ti/c1-10-8-9-13(11(10)2)14-12-6-4-3-5-7-12;;;;/h3-7H,8,14H2,1-2H3;3*1H;/q-1;;;;+4/p-3. The third kappa shape index (κ3) is 6.10. The predicted molar refractivity (Wildman–Crippen MR) is 64.4 cm³/mol. The third-order valence-corrected chi connectivity index (χ3v) is 4.90. The topological polar surface area (TPSA) is 0 Å². The second-order valence-electron chi connectivity index (χ2n) is 3.90. The molecule has 0 amide bonds. The van der Waals surface area contributed by atoms with Gasteiger partial charge in [0.1, 0.15) is 0 Å². The van der Waals surface area contributed by atoms with Crippen LogP contribution in [0.1, 0.15) is 20.3 Å². The normalized spacial score (nSPS) is 13.1. The van der Waals surface area contributed by atoms with Crippen molar-refractivity contribution in [3.05, 3.63) is 52.8 Å². The number of rotatable bonds is 2. The van der Waals surface area contributed by atoms with E-state index in [-0.39, 0.29) is 68.5 Å². The average molecular weight is 354 g/mol. The van der Waals surface area contributed by atoms with Crippen LogP contribution in [0.5, 0.6) is 0 Å². The molecule has 2 rings (SSSR count). The van der Waals surface area contributed by atoms with Crippen LogP contribution in [0.4, 0.5) is 0 Å². The zero-order valence-electron chi connectivity index (χ0n) is 10.4. The maximum Gasteiger partial charge on any atom is 4.00 e. The van der Waals surface area contributed by atoms with Crippen LogP contribution in [0.3, 0.4) is 0 Å². The molecule has 1 aliphatic carbocycles. The first-order valence-electron chi connectivity index (χ1n) is 5.07. The predicted octanol–water partition coefficient (Wildman–Crippen LogP) is -7.08. The van der Waals surface area contributed by atoms with Crippen molar-refractivity contribution in [1.29, 1.82) is 0 Å². The van der Waals surface area contributed by atoms with E-state index in [9.17, 15) is 0 Å². The van der Waals surface area contributed by atoms with Crippen LogP contribution < -0.4 is 42.4 Å². The van der Waals surface area contributed by atoms with Gasteiger partial charge < -0.3 is 37.2 Å². The molecule has 0 spiro atoms. The van der Waals surface area contributed by atoms with Gasteiger partial charge in [-0.3, -0.25) is 6.08 Å². The number of allylic oxidation sites excluding steroid dienone is 4. The first kappa shape index (κ1) is 23.6. The Morgan fingerprint density at radius 1 is 1.00 bits per heavy atom. The molecular formula is C13H15Cl3SiTi. The fourth-order valence-electron chi connectivity index (χ4n) is 1.76. The third-order valence-electron chi connectivity index (χ3n) is 2.88. The molecule has 0 unspecified atom stereocenters. The Morgan fingerprint density at radius 2 is 1.56 bits per heavy atom. The summed E-state index contributed by atoms with van der Waals surface area (Å²) in [5, 5.41) is 3.04. The van der Waals surface area contributed by atoms with Gasteiger partial charge in [-0.25, -0.2) is 10.8 Å². The zero-order valence-corrected chi connectivity index (χ0v) is 15.7. The number of hydrogen-bond donors (Lipinski definition) is 0. The van der Waals surface area contributed by atoms with Crippen LogP contribution >= 0.6 is 0 Å². The van der Waals surface area contributed by atoms with Crippen LogP contribution in [-0.2, 0) is 21.7 Å². The van der Waals surface area contributed by atoms with E-state index >= 15 is 0 Å². The van der Waals surface area contributed by atoms with Crippen molar-refractivity contribution < 1.29 is 58.9 Å². The summed E-state index contributed by atoms with van der Waals surface area (Å²) in [4.78, 5) is 0. The minimum absolute atomic E-state index is 0. The molecule has 1 aromatic carbocycles. The fourth-order valence-corrected chi connectivity index (χ4v) is 3.49. The van der Waals surface area contributed by atoms with Crippen LogP contribution in [0.25, 0.3) is 0 Å².